The van der Waals surface area contributed by atoms with Crippen LogP contribution in [0.15, 0.2) is 42.5 Å². The molecule has 1 unspecified atom stereocenters. The first-order valence-electron chi connectivity index (χ1n) is 10.1. The van der Waals surface area contributed by atoms with Gasteiger partial charge in [0.2, 0.25) is 0 Å². The molecule has 4 rings (SSSR count). The van der Waals surface area contributed by atoms with E-state index in [9.17, 15) is 0 Å². The van der Waals surface area contributed by atoms with Crippen molar-refractivity contribution in [1.82, 2.24) is 15.3 Å². The number of para-hydroxylation sites is 1. The van der Waals surface area contributed by atoms with E-state index in [2.05, 4.69) is 31.7 Å². The number of hydrogen-bond donors (Lipinski definition) is 4. The van der Waals surface area contributed by atoms with Gasteiger partial charge in [0.25, 0.3) is 5.95 Å². The second kappa shape index (κ2) is 8.96. The highest BCUT2D eigenvalue weighted by Crippen LogP contribution is 2.27. The number of aromatic nitrogens is 2. The lowest BCUT2D eigenvalue weighted by molar-refractivity contribution is -0.980. The third-order valence-corrected chi connectivity index (χ3v) is 5.28. The molecule has 2 heterocycles. The fourth-order valence-electron chi connectivity index (χ4n) is 3.58. The van der Waals surface area contributed by atoms with Crippen molar-refractivity contribution in [3.8, 4) is 11.5 Å². The number of guanidine groups is 1. The monoisotopic (exact) mass is 408 g/mol. The lowest BCUT2D eigenvalue weighted by Gasteiger charge is -2.20. The SMILES string of the molecule is COc1ccc(CC[NH+]2CNC(Nc3nc(C)c4ccccc4n3)=[NH+]C2)cc1OC. The van der Waals surface area contributed by atoms with Crippen LogP contribution in [0.4, 0.5) is 5.95 Å². The van der Waals surface area contributed by atoms with Gasteiger partial charge in [0.05, 0.1) is 32.0 Å². The van der Waals surface area contributed by atoms with Crippen molar-refractivity contribution in [2.24, 2.45) is 0 Å². The van der Waals surface area contributed by atoms with Crippen LogP contribution in [0.1, 0.15) is 11.3 Å². The van der Waals surface area contributed by atoms with Gasteiger partial charge in [-0.1, -0.05) is 24.3 Å². The van der Waals surface area contributed by atoms with E-state index in [-0.39, 0.29) is 0 Å². The molecule has 3 aromatic rings. The fourth-order valence-corrected chi connectivity index (χ4v) is 3.58. The van der Waals surface area contributed by atoms with Crippen LogP contribution in [0.25, 0.3) is 10.9 Å². The van der Waals surface area contributed by atoms with E-state index in [1.54, 1.807) is 14.2 Å². The predicted molar refractivity (Wildman–Crippen MR) is 116 cm³/mol. The van der Waals surface area contributed by atoms with Gasteiger partial charge in [-0.2, -0.15) is 4.98 Å². The maximum atomic E-state index is 5.39. The summed E-state index contributed by atoms with van der Waals surface area (Å²) in [5, 5.41) is 7.73. The number of ether oxygens (including phenoxy) is 2. The topological polar surface area (TPSA) is 86.7 Å². The summed E-state index contributed by atoms with van der Waals surface area (Å²) in [4.78, 5) is 14.0. The van der Waals surface area contributed by atoms with Gasteiger partial charge in [-0.05, 0) is 30.7 Å². The summed E-state index contributed by atoms with van der Waals surface area (Å²) < 4.78 is 10.7. The van der Waals surface area contributed by atoms with Crippen molar-refractivity contribution >= 4 is 22.8 Å². The molecular formula is C22H28N6O2+2. The molecule has 1 aromatic heterocycles. The van der Waals surface area contributed by atoms with Gasteiger partial charge in [0.15, 0.2) is 24.8 Å². The molecule has 0 aliphatic carbocycles. The number of fused-ring (bicyclic) bond motifs is 1. The van der Waals surface area contributed by atoms with Gasteiger partial charge in [-0.25, -0.2) is 20.6 Å². The Bertz CT molecular complexity index is 1070. The molecule has 1 aliphatic rings. The average Bonchev–Trinajstić information content (AvgIpc) is 2.78. The molecule has 8 nitrogen and oxygen atoms in total. The highest BCUT2D eigenvalue weighted by Gasteiger charge is 2.21. The van der Waals surface area contributed by atoms with Gasteiger partial charge in [-0.15, -0.1) is 0 Å². The van der Waals surface area contributed by atoms with Gasteiger partial charge < -0.3 is 9.47 Å². The summed E-state index contributed by atoms with van der Waals surface area (Å²) in [7, 11) is 3.32. The van der Waals surface area contributed by atoms with Gasteiger partial charge in [0.1, 0.15) is 0 Å². The van der Waals surface area contributed by atoms with Crippen molar-refractivity contribution < 1.29 is 19.4 Å². The number of anilines is 1. The zero-order valence-corrected chi connectivity index (χ0v) is 17.6. The molecule has 30 heavy (non-hydrogen) atoms. The van der Waals surface area contributed by atoms with E-state index in [1.807, 2.05) is 43.3 Å². The Morgan fingerprint density at radius 2 is 1.93 bits per heavy atom. The second-order valence-electron chi connectivity index (χ2n) is 7.30. The average molecular weight is 409 g/mol. The highest BCUT2D eigenvalue weighted by molar-refractivity contribution is 5.89. The number of nitrogens with one attached hydrogen (secondary N) is 4. The summed E-state index contributed by atoms with van der Waals surface area (Å²) in [5.74, 6) is 2.95. The third kappa shape index (κ3) is 4.44. The summed E-state index contributed by atoms with van der Waals surface area (Å²) >= 11 is 0. The second-order valence-corrected chi connectivity index (χ2v) is 7.30. The van der Waals surface area contributed by atoms with Gasteiger partial charge >= 0.3 is 5.96 Å². The van der Waals surface area contributed by atoms with Crippen molar-refractivity contribution in [1.29, 1.82) is 0 Å². The standard InChI is InChI=1S/C22H26N6O2/c1-15-17-6-4-5-7-18(17)26-22(25-15)27-21-23-13-28(14-24-21)11-10-16-8-9-19(29-2)20(12-16)30-3/h4-9,12H,10-11,13-14H2,1-3H3,(H2,23,24,25,26,27)/p+2. The predicted octanol–water partition coefficient (Wildman–Crippen LogP) is -0.550. The molecule has 8 heteroatoms. The smallest absolute Gasteiger partial charge is 0.359 e. The highest BCUT2D eigenvalue weighted by atomic mass is 16.5. The minimum Gasteiger partial charge on any atom is -0.493 e. The van der Waals surface area contributed by atoms with E-state index in [1.165, 1.54) is 10.5 Å². The number of nitrogens with zero attached hydrogens (tertiary/aromatic N) is 2. The summed E-state index contributed by atoms with van der Waals surface area (Å²) in [6, 6.07) is 14.1. The van der Waals surface area contributed by atoms with Crippen molar-refractivity contribution in [2.75, 3.05) is 39.4 Å². The number of hydrogen-bond acceptors (Lipinski definition) is 6. The van der Waals surface area contributed by atoms with Crippen LogP contribution >= 0.6 is 0 Å². The third-order valence-electron chi connectivity index (χ3n) is 5.28. The zero-order chi connectivity index (χ0) is 20.9. The normalized spacial score (nSPS) is 16.0. The number of methoxy groups -OCH3 is 2. The van der Waals surface area contributed by atoms with Crippen LogP contribution in [0, 0.1) is 6.92 Å². The molecule has 0 saturated heterocycles. The summed E-state index contributed by atoms with van der Waals surface area (Å²) in [6.45, 7) is 4.63. The first-order valence-corrected chi connectivity index (χ1v) is 10.1. The van der Waals surface area contributed by atoms with Crippen molar-refractivity contribution in [3.05, 3.63) is 53.7 Å². The molecular weight excluding hydrogens is 380 g/mol. The van der Waals surface area contributed by atoms with Crippen LogP contribution in [0.5, 0.6) is 11.5 Å². The fraction of sp³-hybridized carbons (Fsp3) is 0.318. The molecule has 4 N–H and O–H groups in total. The molecule has 0 bridgehead atoms. The lowest BCUT2D eigenvalue weighted by atomic mass is 10.1. The number of rotatable bonds is 6. The molecule has 0 saturated carbocycles. The van der Waals surface area contributed by atoms with E-state index >= 15 is 0 Å². The van der Waals surface area contributed by atoms with Crippen LogP contribution < -0.4 is 30.0 Å². The minimum absolute atomic E-state index is 0.593. The van der Waals surface area contributed by atoms with Gasteiger partial charge in [-0.3, -0.25) is 4.90 Å². The Morgan fingerprint density at radius 3 is 2.70 bits per heavy atom. The van der Waals surface area contributed by atoms with E-state index in [4.69, 9.17) is 9.47 Å². The van der Waals surface area contributed by atoms with E-state index in [0.717, 1.165) is 60.4 Å². The summed E-state index contributed by atoms with van der Waals surface area (Å²) in [6.07, 6.45) is 0.953. The molecule has 156 valence electrons. The molecule has 1 atom stereocenters. The number of benzene rings is 2. The molecule has 2 aromatic carbocycles. The number of aryl methyl sites for hydroxylation is 1. The molecule has 0 amide bonds. The maximum Gasteiger partial charge on any atom is 0.359 e. The minimum atomic E-state index is 0.593. The molecule has 0 radical (unpaired) electrons. The summed E-state index contributed by atoms with van der Waals surface area (Å²) in [5.41, 5.74) is 3.13. The Balaban J connectivity index is 1.34. The zero-order valence-electron chi connectivity index (χ0n) is 17.6. The van der Waals surface area contributed by atoms with E-state index in [0.29, 0.717) is 5.95 Å². The molecule has 1 aliphatic heterocycles. The lowest BCUT2D eigenvalue weighted by Crippen LogP contribution is -3.24. The molecule has 0 fully saturated rings. The number of quaternary nitrogens is 1. The van der Waals surface area contributed by atoms with Crippen LogP contribution in [0.3, 0.4) is 0 Å². The van der Waals surface area contributed by atoms with Gasteiger partial charge in [0, 0.05) is 11.8 Å². The Morgan fingerprint density at radius 1 is 1.10 bits per heavy atom. The van der Waals surface area contributed by atoms with Crippen molar-refractivity contribution in [3.63, 3.8) is 0 Å². The van der Waals surface area contributed by atoms with Crippen LogP contribution in [-0.2, 0) is 6.42 Å². The Labute approximate surface area is 176 Å². The van der Waals surface area contributed by atoms with Crippen molar-refractivity contribution in [2.45, 2.75) is 13.3 Å². The first kappa shape index (κ1) is 19.9. The quantitative estimate of drug-likeness (QED) is 0.438. The van der Waals surface area contributed by atoms with E-state index < -0.39 is 0 Å². The maximum absolute atomic E-state index is 5.39. The Hall–Kier alpha value is -3.39. The van der Waals surface area contributed by atoms with Crippen LogP contribution in [-0.4, -0.2) is 50.0 Å². The van der Waals surface area contributed by atoms with Crippen LogP contribution in [0.2, 0.25) is 0 Å². The largest absolute Gasteiger partial charge is 0.493 e. The first-order chi connectivity index (χ1) is 14.7. The Kier molecular flexibility index (Phi) is 5.94. The molecule has 0 spiro atoms.